The van der Waals surface area contributed by atoms with Gasteiger partial charge in [-0.1, -0.05) is 18.2 Å². The number of carbonyl (C=O) groups excluding carboxylic acids is 1. The molecule has 1 N–H and O–H groups in total. The van der Waals surface area contributed by atoms with Gasteiger partial charge in [0, 0.05) is 15.5 Å². The SMILES string of the molecule is O=C(Cc1cnn(-c2ccccc2)c1)Nc1ccc(I)cc1. The average Bonchev–Trinajstić information content (AvgIpc) is 2.99. The van der Waals surface area contributed by atoms with Crippen molar-refractivity contribution in [1.29, 1.82) is 0 Å². The molecule has 0 radical (unpaired) electrons. The van der Waals surface area contributed by atoms with E-state index in [1.54, 1.807) is 10.9 Å². The van der Waals surface area contributed by atoms with Crippen LogP contribution in [-0.4, -0.2) is 15.7 Å². The molecule has 22 heavy (non-hydrogen) atoms. The van der Waals surface area contributed by atoms with Crippen molar-refractivity contribution in [2.45, 2.75) is 6.42 Å². The molecular formula is C17H14IN3O. The summed E-state index contributed by atoms with van der Waals surface area (Å²) >= 11 is 2.23. The monoisotopic (exact) mass is 403 g/mol. The maximum atomic E-state index is 12.1. The lowest BCUT2D eigenvalue weighted by Gasteiger charge is -2.04. The van der Waals surface area contributed by atoms with Gasteiger partial charge in [0.25, 0.3) is 0 Å². The quantitative estimate of drug-likeness (QED) is 0.676. The molecule has 0 saturated carbocycles. The van der Waals surface area contributed by atoms with Gasteiger partial charge in [-0.05, 0) is 64.6 Å². The Kier molecular flexibility index (Phi) is 4.53. The summed E-state index contributed by atoms with van der Waals surface area (Å²) in [6.45, 7) is 0. The second kappa shape index (κ2) is 6.74. The lowest BCUT2D eigenvalue weighted by atomic mass is 10.2. The van der Waals surface area contributed by atoms with E-state index in [1.807, 2.05) is 60.8 Å². The van der Waals surface area contributed by atoms with Crippen molar-refractivity contribution in [3.8, 4) is 5.69 Å². The van der Waals surface area contributed by atoms with Gasteiger partial charge in [-0.2, -0.15) is 5.10 Å². The van der Waals surface area contributed by atoms with Gasteiger partial charge in [0.1, 0.15) is 0 Å². The summed E-state index contributed by atoms with van der Waals surface area (Å²) in [6.07, 6.45) is 3.90. The third-order valence-electron chi connectivity index (χ3n) is 3.15. The normalized spacial score (nSPS) is 10.4. The van der Waals surface area contributed by atoms with Crippen LogP contribution in [0, 0.1) is 3.57 Å². The summed E-state index contributed by atoms with van der Waals surface area (Å²) in [6, 6.07) is 17.5. The second-order valence-electron chi connectivity index (χ2n) is 4.86. The number of aromatic nitrogens is 2. The predicted molar refractivity (Wildman–Crippen MR) is 95.1 cm³/mol. The van der Waals surface area contributed by atoms with E-state index in [0.717, 1.165) is 20.5 Å². The Morgan fingerprint density at radius 2 is 1.82 bits per heavy atom. The van der Waals surface area contributed by atoms with Crippen molar-refractivity contribution in [3.05, 3.63) is 76.1 Å². The molecule has 0 bridgehead atoms. The van der Waals surface area contributed by atoms with Crippen molar-refractivity contribution >= 4 is 34.2 Å². The first kappa shape index (κ1) is 14.8. The molecule has 0 fully saturated rings. The van der Waals surface area contributed by atoms with Gasteiger partial charge < -0.3 is 5.32 Å². The number of nitrogens with zero attached hydrogens (tertiary/aromatic N) is 2. The van der Waals surface area contributed by atoms with Gasteiger partial charge in [0.05, 0.1) is 18.3 Å². The summed E-state index contributed by atoms with van der Waals surface area (Å²) < 4.78 is 2.91. The van der Waals surface area contributed by atoms with E-state index in [0.29, 0.717) is 6.42 Å². The molecule has 0 unspecified atom stereocenters. The molecule has 1 heterocycles. The number of halogens is 1. The van der Waals surface area contributed by atoms with Crippen molar-refractivity contribution < 1.29 is 4.79 Å². The molecule has 4 nitrogen and oxygen atoms in total. The van der Waals surface area contributed by atoms with E-state index in [1.165, 1.54) is 0 Å². The largest absolute Gasteiger partial charge is 0.326 e. The Morgan fingerprint density at radius 3 is 2.55 bits per heavy atom. The van der Waals surface area contributed by atoms with Crippen LogP contribution in [0.5, 0.6) is 0 Å². The Bertz CT molecular complexity index is 766. The first-order valence-corrected chi connectivity index (χ1v) is 7.93. The number of anilines is 1. The minimum Gasteiger partial charge on any atom is -0.326 e. The van der Waals surface area contributed by atoms with Crippen LogP contribution in [0.3, 0.4) is 0 Å². The third-order valence-corrected chi connectivity index (χ3v) is 3.87. The van der Waals surface area contributed by atoms with Crippen molar-refractivity contribution in [2.75, 3.05) is 5.32 Å². The molecule has 0 aliphatic rings. The Morgan fingerprint density at radius 1 is 1.09 bits per heavy atom. The van der Waals surface area contributed by atoms with Gasteiger partial charge in [-0.3, -0.25) is 4.79 Å². The highest BCUT2D eigenvalue weighted by atomic mass is 127. The number of hydrogen-bond acceptors (Lipinski definition) is 2. The fourth-order valence-corrected chi connectivity index (χ4v) is 2.46. The molecule has 3 aromatic rings. The number of hydrogen-bond donors (Lipinski definition) is 1. The Balaban J connectivity index is 1.65. The van der Waals surface area contributed by atoms with Crippen molar-refractivity contribution in [2.24, 2.45) is 0 Å². The van der Waals surface area contributed by atoms with Crippen LogP contribution in [0.25, 0.3) is 5.69 Å². The number of carbonyl (C=O) groups is 1. The van der Waals surface area contributed by atoms with E-state index >= 15 is 0 Å². The molecule has 1 aromatic heterocycles. The summed E-state index contributed by atoms with van der Waals surface area (Å²) in [5.41, 5.74) is 2.67. The molecule has 0 aliphatic heterocycles. The fraction of sp³-hybridized carbons (Fsp3) is 0.0588. The second-order valence-corrected chi connectivity index (χ2v) is 6.11. The molecule has 2 aromatic carbocycles. The Hall–Kier alpha value is -2.15. The van der Waals surface area contributed by atoms with Crippen LogP contribution in [0.1, 0.15) is 5.56 Å². The van der Waals surface area contributed by atoms with E-state index < -0.39 is 0 Å². The third kappa shape index (κ3) is 3.73. The summed E-state index contributed by atoms with van der Waals surface area (Å²) in [4.78, 5) is 12.1. The molecule has 0 atom stereocenters. The van der Waals surface area contributed by atoms with E-state index in [9.17, 15) is 4.79 Å². The zero-order valence-corrected chi connectivity index (χ0v) is 13.9. The summed E-state index contributed by atoms with van der Waals surface area (Å²) in [7, 11) is 0. The highest BCUT2D eigenvalue weighted by Crippen LogP contribution is 2.12. The van der Waals surface area contributed by atoms with Crippen LogP contribution in [0.15, 0.2) is 67.0 Å². The highest BCUT2D eigenvalue weighted by molar-refractivity contribution is 14.1. The zero-order chi connectivity index (χ0) is 15.4. The van der Waals surface area contributed by atoms with Crippen LogP contribution in [0.4, 0.5) is 5.69 Å². The summed E-state index contributed by atoms with van der Waals surface area (Å²) in [5, 5.41) is 7.18. The summed E-state index contributed by atoms with van der Waals surface area (Å²) in [5.74, 6) is -0.0474. The van der Waals surface area contributed by atoms with Gasteiger partial charge in [0.2, 0.25) is 5.91 Å². The average molecular weight is 403 g/mol. The number of rotatable bonds is 4. The van der Waals surface area contributed by atoms with Gasteiger partial charge in [-0.25, -0.2) is 4.68 Å². The standard InChI is InChI=1S/C17H14IN3O/c18-14-6-8-15(9-7-14)20-17(22)10-13-11-19-21(12-13)16-4-2-1-3-5-16/h1-9,11-12H,10H2,(H,20,22). The van der Waals surface area contributed by atoms with Crippen LogP contribution in [-0.2, 0) is 11.2 Å². The first-order valence-electron chi connectivity index (χ1n) is 6.85. The maximum Gasteiger partial charge on any atom is 0.228 e. The van der Waals surface area contributed by atoms with E-state index in [2.05, 4.69) is 33.0 Å². The van der Waals surface area contributed by atoms with Crippen LogP contribution >= 0.6 is 22.6 Å². The zero-order valence-electron chi connectivity index (χ0n) is 11.7. The lowest BCUT2D eigenvalue weighted by Crippen LogP contribution is -2.13. The molecule has 0 aliphatic carbocycles. The Labute approximate surface area is 142 Å². The smallest absolute Gasteiger partial charge is 0.228 e. The number of para-hydroxylation sites is 1. The minimum absolute atomic E-state index is 0.0474. The van der Waals surface area contributed by atoms with Crippen LogP contribution < -0.4 is 5.32 Å². The number of amides is 1. The van der Waals surface area contributed by atoms with Crippen molar-refractivity contribution in [1.82, 2.24) is 9.78 Å². The van der Waals surface area contributed by atoms with E-state index in [-0.39, 0.29) is 5.91 Å². The predicted octanol–water partition coefficient (Wildman–Crippen LogP) is 3.66. The fourth-order valence-electron chi connectivity index (χ4n) is 2.10. The molecular weight excluding hydrogens is 389 g/mol. The molecule has 1 amide bonds. The van der Waals surface area contributed by atoms with Gasteiger partial charge in [0.15, 0.2) is 0 Å². The molecule has 0 saturated heterocycles. The molecule has 0 spiro atoms. The lowest BCUT2D eigenvalue weighted by molar-refractivity contribution is -0.115. The van der Waals surface area contributed by atoms with Gasteiger partial charge >= 0.3 is 0 Å². The number of nitrogens with one attached hydrogen (secondary N) is 1. The molecule has 5 heteroatoms. The first-order chi connectivity index (χ1) is 10.7. The topological polar surface area (TPSA) is 46.9 Å². The number of benzene rings is 2. The molecule has 110 valence electrons. The van der Waals surface area contributed by atoms with Crippen molar-refractivity contribution in [3.63, 3.8) is 0 Å². The highest BCUT2D eigenvalue weighted by Gasteiger charge is 2.07. The van der Waals surface area contributed by atoms with Crippen LogP contribution in [0.2, 0.25) is 0 Å². The molecule has 3 rings (SSSR count). The maximum absolute atomic E-state index is 12.1. The van der Waals surface area contributed by atoms with Gasteiger partial charge in [-0.15, -0.1) is 0 Å². The minimum atomic E-state index is -0.0474. The van der Waals surface area contributed by atoms with E-state index in [4.69, 9.17) is 0 Å².